The third-order valence-corrected chi connectivity index (χ3v) is 12.3. The number of pyridine rings is 1. The smallest absolute Gasteiger partial charge is 0.0965 e. The Balaban J connectivity index is 0.000000321. The van der Waals surface area contributed by atoms with E-state index in [2.05, 4.69) is 134 Å². The summed E-state index contributed by atoms with van der Waals surface area (Å²) in [5.74, 6) is 0.947. The average molecular weight is 916 g/mol. The number of rotatable bonds is 5. The Kier molecular flexibility index (Phi) is 12.1. The predicted molar refractivity (Wildman–Crippen MR) is 233 cm³/mol. The summed E-state index contributed by atoms with van der Waals surface area (Å²) in [7, 11) is 0. The summed E-state index contributed by atoms with van der Waals surface area (Å²) in [6.45, 7) is 28.7. The fraction of sp³-hybridized carbons (Fsp3) is 0.429. The molecule has 0 saturated heterocycles. The van der Waals surface area contributed by atoms with Crippen LogP contribution in [0, 0.1) is 17.9 Å². The third kappa shape index (κ3) is 8.40. The van der Waals surface area contributed by atoms with Crippen LogP contribution in [0.3, 0.4) is 0 Å². The van der Waals surface area contributed by atoms with Crippen LogP contribution in [0.4, 0.5) is 0 Å². The van der Waals surface area contributed by atoms with Gasteiger partial charge in [0.25, 0.3) is 0 Å². The molecule has 6 aromatic rings. The molecule has 1 N–H and O–H groups in total. The first-order valence-corrected chi connectivity index (χ1v) is 20.3. The molecule has 0 aliphatic heterocycles. The van der Waals surface area contributed by atoms with Gasteiger partial charge in [0.15, 0.2) is 0 Å². The van der Waals surface area contributed by atoms with E-state index in [4.69, 9.17) is 4.98 Å². The second-order valence-electron chi connectivity index (χ2n) is 18.4. The van der Waals surface area contributed by atoms with Crippen molar-refractivity contribution in [3.63, 3.8) is 0 Å². The van der Waals surface area contributed by atoms with Crippen molar-refractivity contribution in [3.8, 4) is 11.3 Å². The van der Waals surface area contributed by atoms with Crippen molar-refractivity contribution in [3.05, 3.63) is 101 Å². The van der Waals surface area contributed by atoms with Gasteiger partial charge in [-0.15, -0.1) is 40.5 Å². The Hall–Kier alpha value is -3.37. The van der Waals surface area contributed by atoms with Crippen molar-refractivity contribution in [2.75, 3.05) is 0 Å². The molecular formula is C49H59IrN2OS-. The van der Waals surface area contributed by atoms with E-state index in [1.165, 1.54) is 65.9 Å². The van der Waals surface area contributed by atoms with E-state index in [1.807, 2.05) is 45.2 Å². The first kappa shape index (κ1) is 41.8. The maximum atomic E-state index is 9.64. The van der Waals surface area contributed by atoms with E-state index in [0.717, 1.165) is 22.4 Å². The van der Waals surface area contributed by atoms with Gasteiger partial charge in [-0.25, -0.2) is 0 Å². The van der Waals surface area contributed by atoms with Crippen LogP contribution >= 0.6 is 11.3 Å². The molecular weight excluding hydrogens is 857 g/mol. The van der Waals surface area contributed by atoms with Crippen LogP contribution in [-0.2, 0) is 36.4 Å². The van der Waals surface area contributed by atoms with Crippen LogP contribution in [0.15, 0.2) is 83.7 Å². The zero-order valence-corrected chi connectivity index (χ0v) is 37.9. The van der Waals surface area contributed by atoms with Crippen LogP contribution in [0.25, 0.3) is 53.0 Å². The first-order valence-electron chi connectivity index (χ1n) is 19.5. The molecule has 7 rings (SSSR count). The molecule has 1 radical (unpaired) electrons. The van der Waals surface area contributed by atoms with Gasteiger partial charge in [-0.05, 0) is 83.6 Å². The molecule has 2 aromatic heterocycles. The minimum atomic E-state index is 0. The zero-order chi connectivity index (χ0) is 38.6. The van der Waals surface area contributed by atoms with Crippen molar-refractivity contribution in [2.45, 2.75) is 125 Å². The summed E-state index contributed by atoms with van der Waals surface area (Å²) in [6.07, 6.45) is 6.32. The van der Waals surface area contributed by atoms with E-state index < -0.39 is 0 Å². The van der Waals surface area contributed by atoms with Gasteiger partial charge in [-0.1, -0.05) is 124 Å². The zero-order valence-electron chi connectivity index (χ0n) is 34.7. The molecule has 0 atom stereocenters. The van der Waals surface area contributed by atoms with Crippen molar-refractivity contribution >= 4 is 58.8 Å². The average Bonchev–Trinajstić information content (AvgIpc) is 3.47. The summed E-state index contributed by atoms with van der Waals surface area (Å²) in [4.78, 5) is 9.42. The Morgan fingerprint density at radius 2 is 1.46 bits per heavy atom. The van der Waals surface area contributed by atoms with E-state index >= 15 is 0 Å². The Morgan fingerprint density at radius 1 is 0.815 bits per heavy atom. The molecule has 0 spiro atoms. The van der Waals surface area contributed by atoms with E-state index in [0.29, 0.717) is 11.7 Å². The van der Waals surface area contributed by atoms with Crippen LogP contribution in [0.1, 0.15) is 120 Å². The minimum absolute atomic E-state index is 0. The van der Waals surface area contributed by atoms with Gasteiger partial charge in [0.2, 0.25) is 0 Å². The number of aliphatic imine (C=N–C) groups is 1. The number of thiophene rings is 1. The van der Waals surface area contributed by atoms with Gasteiger partial charge in [-0.3, -0.25) is 9.98 Å². The fourth-order valence-corrected chi connectivity index (χ4v) is 8.87. The number of hydrogen-bond donors (Lipinski definition) is 1. The topological polar surface area (TPSA) is 45.5 Å². The number of nitrogens with zero attached hydrogens (tertiary/aromatic N) is 2. The molecule has 5 heteroatoms. The van der Waals surface area contributed by atoms with Gasteiger partial charge >= 0.3 is 0 Å². The molecule has 0 bridgehead atoms. The summed E-state index contributed by atoms with van der Waals surface area (Å²) in [5, 5.41) is 17.3. The van der Waals surface area contributed by atoms with E-state index in [9.17, 15) is 5.11 Å². The molecule has 0 amide bonds. The number of allylic oxidation sites excluding steroid dienone is 2. The van der Waals surface area contributed by atoms with Gasteiger partial charge in [0.05, 0.1) is 5.76 Å². The van der Waals surface area contributed by atoms with E-state index in [-0.39, 0.29) is 48.3 Å². The number of aliphatic hydroxyl groups is 1. The number of aromatic nitrogens is 1. The normalized spacial score (nSPS) is 15.9. The van der Waals surface area contributed by atoms with Crippen LogP contribution < -0.4 is 0 Å². The fourth-order valence-electron chi connectivity index (χ4n) is 7.62. The largest absolute Gasteiger partial charge is 0.512 e. The Labute approximate surface area is 341 Å². The van der Waals surface area contributed by atoms with Crippen molar-refractivity contribution < 1.29 is 25.2 Å². The maximum Gasteiger partial charge on any atom is 0.0965 e. The summed E-state index contributed by atoms with van der Waals surface area (Å²) >= 11 is 1.94. The number of aliphatic hydroxyl groups excluding tert-OH is 1. The van der Waals surface area contributed by atoms with Crippen molar-refractivity contribution in [2.24, 2.45) is 16.8 Å². The monoisotopic (exact) mass is 916 g/mol. The van der Waals surface area contributed by atoms with Crippen molar-refractivity contribution in [1.82, 2.24) is 4.98 Å². The third-order valence-electron chi connectivity index (χ3n) is 11.1. The molecule has 1 aliphatic rings. The summed E-state index contributed by atoms with van der Waals surface area (Å²) in [5.41, 5.74) is 7.88. The molecule has 287 valence electrons. The summed E-state index contributed by atoms with van der Waals surface area (Å²) < 4.78 is 2.76. The Bertz CT molecular complexity index is 2380. The maximum absolute atomic E-state index is 9.64. The second kappa shape index (κ2) is 15.6. The quantitative estimate of drug-likeness (QED) is 0.106. The van der Waals surface area contributed by atoms with Crippen LogP contribution in [0.2, 0.25) is 0 Å². The van der Waals surface area contributed by atoms with Crippen molar-refractivity contribution in [1.29, 1.82) is 0 Å². The minimum Gasteiger partial charge on any atom is -0.512 e. The summed E-state index contributed by atoms with van der Waals surface area (Å²) in [6, 6.07) is 26.8. The van der Waals surface area contributed by atoms with Gasteiger partial charge in [0, 0.05) is 75.2 Å². The first-order chi connectivity index (χ1) is 24.8. The predicted octanol–water partition coefficient (Wildman–Crippen LogP) is 14.5. The standard InChI is InChI=1S/C37H36NS.C12H23NO.Ir/c1-35(2,3)29-17-24(16-22-10-8-9-11-25(22)29)32-19-27-23(21-38-32)12-13-26-28-18-30-31(20-33(28)39-34(26)27)37(6,7)15-14-36(30,4)5;1-8(2)11(13-10(5)6)7-12(14)9(3)4;/h8-13,17-21H,14-15H2,1-7H3;7-10,14H,1-6H3;/q-1;;/b;12-7-,13-11?;. The molecule has 54 heavy (non-hydrogen) atoms. The Morgan fingerprint density at radius 3 is 2.07 bits per heavy atom. The molecule has 0 fully saturated rings. The molecule has 2 heterocycles. The SMILES string of the molecule is CC(C)(C)c1cc(-c2cc3c(ccc4c5cc6c(cc5sc34)C(C)(C)CCC6(C)C)cn2)[c-]c2ccccc12.CC(C)N=C(/C=C(\O)C(C)C)C(C)C.[Ir]. The molecule has 3 nitrogen and oxygen atoms in total. The van der Waals surface area contributed by atoms with Gasteiger partial charge in [-0.2, -0.15) is 0 Å². The molecule has 4 aromatic carbocycles. The number of hydrogen-bond acceptors (Lipinski definition) is 4. The van der Waals surface area contributed by atoms with Crippen LogP contribution in [-0.4, -0.2) is 21.8 Å². The van der Waals surface area contributed by atoms with Gasteiger partial charge < -0.3 is 5.11 Å². The molecule has 1 aliphatic carbocycles. The van der Waals surface area contributed by atoms with Gasteiger partial charge in [0.1, 0.15) is 0 Å². The number of fused-ring (bicyclic) bond motifs is 7. The molecule has 0 unspecified atom stereocenters. The second-order valence-corrected chi connectivity index (χ2v) is 19.5. The number of benzene rings is 4. The van der Waals surface area contributed by atoms with Crippen LogP contribution in [0.5, 0.6) is 0 Å². The molecule has 0 saturated carbocycles. The van der Waals surface area contributed by atoms with E-state index in [1.54, 1.807) is 6.08 Å².